The van der Waals surface area contributed by atoms with Crippen LogP contribution < -0.4 is 15.4 Å². The van der Waals surface area contributed by atoms with E-state index >= 15 is 0 Å². The zero-order chi connectivity index (χ0) is 14.9. The van der Waals surface area contributed by atoms with Crippen LogP contribution in [0.2, 0.25) is 0 Å². The van der Waals surface area contributed by atoms with Gasteiger partial charge in [0.15, 0.2) is 5.96 Å². The van der Waals surface area contributed by atoms with Gasteiger partial charge in [0.25, 0.3) is 0 Å². The van der Waals surface area contributed by atoms with E-state index < -0.39 is 0 Å². The minimum atomic E-state index is 0.589. The monoisotopic (exact) mass is 289 g/mol. The first-order chi connectivity index (χ1) is 10.3. The van der Waals surface area contributed by atoms with E-state index in [1.165, 1.54) is 37.7 Å². The van der Waals surface area contributed by atoms with Gasteiger partial charge < -0.3 is 15.4 Å². The predicted octanol–water partition coefficient (Wildman–Crippen LogP) is 2.74. The van der Waals surface area contributed by atoms with Crippen molar-refractivity contribution in [2.45, 2.75) is 44.6 Å². The second-order valence-electron chi connectivity index (χ2n) is 5.58. The van der Waals surface area contributed by atoms with Crippen LogP contribution in [0, 0.1) is 0 Å². The second-order valence-corrected chi connectivity index (χ2v) is 5.58. The van der Waals surface area contributed by atoms with Crippen molar-refractivity contribution in [1.82, 2.24) is 10.6 Å². The molecule has 0 saturated heterocycles. The number of methoxy groups -OCH3 is 1. The maximum atomic E-state index is 5.17. The van der Waals surface area contributed by atoms with Crippen LogP contribution >= 0.6 is 0 Å². The summed E-state index contributed by atoms with van der Waals surface area (Å²) >= 11 is 0. The maximum absolute atomic E-state index is 5.17. The average Bonchev–Trinajstić information content (AvgIpc) is 2.55. The van der Waals surface area contributed by atoms with Crippen LogP contribution in [-0.4, -0.2) is 32.7 Å². The SMILES string of the molecule is CN=C(NCCc1ccc(OC)cc1)NC1CCCCC1. The highest BCUT2D eigenvalue weighted by atomic mass is 16.5. The van der Waals surface area contributed by atoms with Gasteiger partial charge >= 0.3 is 0 Å². The molecule has 1 aromatic rings. The predicted molar refractivity (Wildman–Crippen MR) is 88.1 cm³/mol. The first-order valence-corrected chi connectivity index (χ1v) is 7.92. The molecule has 0 unspecified atom stereocenters. The second kappa shape index (κ2) is 8.55. The fraction of sp³-hybridized carbons (Fsp3) is 0.588. The third kappa shape index (κ3) is 5.29. The first-order valence-electron chi connectivity index (χ1n) is 7.92. The van der Waals surface area contributed by atoms with Crippen molar-refractivity contribution >= 4 is 5.96 Å². The molecule has 0 aromatic heterocycles. The van der Waals surface area contributed by atoms with Crippen molar-refractivity contribution in [2.75, 3.05) is 20.7 Å². The Morgan fingerprint density at radius 3 is 2.52 bits per heavy atom. The molecule has 0 aliphatic heterocycles. The molecule has 1 fully saturated rings. The largest absolute Gasteiger partial charge is 0.497 e. The van der Waals surface area contributed by atoms with E-state index in [1.807, 2.05) is 19.2 Å². The Hall–Kier alpha value is -1.71. The van der Waals surface area contributed by atoms with Crippen LogP contribution in [0.15, 0.2) is 29.3 Å². The van der Waals surface area contributed by atoms with Crippen molar-refractivity contribution in [2.24, 2.45) is 4.99 Å². The molecule has 0 radical (unpaired) electrons. The third-order valence-corrected chi connectivity index (χ3v) is 4.03. The van der Waals surface area contributed by atoms with E-state index in [1.54, 1.807) is 7.11 Å². The molecule has 1 aliphatic rings. The van der Waals surface area contributed by atoms with Gasteiger partial charge in [0, 0.05) is 19.6 Å². The quantitative estimate of drug-likeness (QED) is 0.647. The van der Waals surface area contributed by atoms with Gasteiger partial charge in [-0.25, -0.2) is 0 Å². The van der Waals surface area contributed by atoms with Gasteiger partial charge in [-0.3, -0.25) is 4.99 Å². The van der Waals surface area contributed by atoms with Crippen molar-refractivity contribution in [3.8, 4) is 5.75 Å². The molecule has 0 bridgehead atoms. The summed E-state index contributed by atoms with van der Waals surface area (Å²) in [6.07, 6.45) is 7.55. The van der Waals surface area contributed by atoms with Gasteiger partial charge in [-0.1, -0.05) is 31.4 Å². The Bertz CT molecular complexity index is 436. The number of rotatable bonds is 5. The van der Waals surface area contributed by atoms with Crippen LogP contribution in [-0.2, 0) is 6.42 Å². The van der Waals surface area contributed by atoms with Gasteiger partial charge in [0.1, 0.15) is 5.75 Å². The van der Waals surface area contributed by atoms with Crippen molar-refractivity contribution in [3.05, 3.63) is 29.8 Å². The van der Waals surface area contributed by atoms with E-state index in [9.17, 15) is 0 Å². The molecule has 116 valence electrons. The number of benzene rings is 1. The number of aliphatic imine (C=N–C) groups is 1. The molecular formula is C17H27N3O. The molecule has 0 heterocycles. The molecule has 4 heteroatoms. The molecule has 0 spiro atoms. The number of hydrogen-bond donors (Lipinski definition) is 2. The number of nitrogens with zero attached hydrogens (tertiary/aromatic N) is 1. The fourth-order valence-corrected chi connectivity index (χ4v) is 2.75. The van der Waals surface area contributed by atoms with Crippen molar-refractivity contribution < 1.29 is 4.74 Å². The normalized spacial score (nSPS) is 16.6. The molecule has 1 saturated carbocycles. The van der Waals surface area contributed by atoms with Crippen LogP contribution in [0.1, 0.15) is 37.7 Å². The van der Waals surface area contributed by atoms with Gasteiger partial charge in [0.2, 0.25) is 0 Å². The molecule has 2 rings (SSSR count). The molecular weight excluding hydrogens is 262 g/mol. The zero-order valence-corrected chi connectivity index (χ0v) is 13.2. The van der Waals surface area contributed by atoms with Gasteiger partial charge in [-0.15, -0.1) is 0 Å². The van der Waals surface area contributed by atoms with Gasteiger partial charge in [-0.05, 0) is 37.0 Å². The Morgan fingerprint density at radius 1 is 1.19 bits per heavy atom. The molecule has 2 N–H and O–H groups in total. The Labute approximate surface area is 128 Å². The Morgan fingerprint density at radius 2 is 1.90 bits per heavy atom. The lowest BCUT2D eigenvalue weighted by Gasteiger charge is -2.24. The van der Waals surface area contributed by atoms with E-state index in [0.717, 1.165) is 24.7 Å². The lowest BCUT2D eigenvalue weighted by Crippen LogP contribution is -2.44. The number of hydrogen-bond acceptors (Lipinski definition) is 2. The molecule has 1 aliphatic carbocycles. The summed E-state index contributed by atoms with van der Waals surface area (Å²) < 4.78 is 5.17. The number of guanidine groups is 1. The minimum absolute atomic E-state index is 0.589. The lowest BCUT2D eigenvalue weighted by molar-refractivity contribution is 0.410. The summed E-state index contributed by atoms with van der Waals surface area (Å²) in [6, 6.07) is 8.82. The fourth-order valence-electron chi connectivity index (χ4n) is 2.75. The molecule has 0 amide bonds. The summed E-state index contributed by atoms with van der Waals surface area (Å²) in [6.45, 7) is 0.888. The first kappa shape index (κ1) is 15.7. The highest BCUT2D eigenvalue weighted by Crippen LogP contribution is 2.17. The van der Waals surface area contributed by atoms with E-state index in [0.29, 0.717) is 6.04 Å². The molecule has 4 nitrogen and oxygen atoms in total. The lowest BCUT2D eigenvalue weighted by atomic mass is 9.96. The molecule has 21 heavy (non-hydrogen) atoms. The minimum Gasteiger partial charge on any atom is -0.497 e. The third-order valence-electron chi connectivity index (χ3n) is 4.03. The topological polar surface area (TPSA) is 45.7 Å². The summed E-state index contributed by atoms with van der Waals surface area (Å²) in [4.78, 5) is 4.32. The molecule has 1 aromatic carbocycles. The smallest absolute Gasteiger partial charge is 0.191 e. The number of ether oxygens (including phenoxy) is 1. The summed E-state index contributed by atoms with van der Waals surface area (Å²) in [5.41, 5.74) is 1.30. The average molecular weight is 289 g/mol. The Balaban J connectivity index is 1.72. The van der Waals surface area contributed by atoms with Crippen LogP contribution in [0.5, 0.6) is 5.75 Å². The summed E-state index contributed by atoms with van der Waals surface area (Å²) in [5.74, 6) is 1.83. The summed E-state index contributed by atoms with van der Waals surface area (Å²) in [5, 5.41) is 6.93. The highest BCUT2D eigenvalue weighted by molar-refractivity contribution is 5.79. The van der Waals surface area contributed by atoms with Crippen LogP contribution in [0.4, 0.5) is 0 Å². The molecule has 0 atom stereocenters. The van der Waals surface area contributed by atoms with Crippen molar-refractivity contribution in [1.29, 1.82) is 0 Å². The van der Waals surface area contributed by atoms with E-state index in [-0.39, 0.29) is 0 Å². The van der Waals surface area contributed by atoms with E-state index in [2.05, 4.69) is 27.8 Å². The van der Waals surface area contributed by atoms with Gasteiger partial charge in [-0.2, -0.15) is 0 Å². The maximum Gasteiger partial charge on any atom is 0.191 e. The highest BCUT2D eigenvalue weighted by Gasteiger charge is 2.14. The van der Waals surface area contributed by atoms with Crippen LogP contribution in [0.25, 0.3) is 0 Å². The van der Waals surface area contributed by atoms with Gasteiger partial charge in [0.05, 0.1) is 7.11 Å². The van der Waals surface area contributed by atoms with Crippen molar-refractivity contribution in [3.63, 3.8) is 0 Å². The standard InChI is InChI=1S/C17H27N3O/c1-18-17(20-15-6-4-3-5-7-15)19-13-12-14-8-10-16(21-2)11-9-14/h8-11,15H,3-7,12-13H2,1-2H3,(H2,18,19,20). The van der Waals surface area contributed by atoms with Crippen LogP contribution in [0.3, 0.4) is 0 Å². The number of nitrogens with one attached hydrogen (secondary N) is 2. The summed E-state index contributed by atoms with van der Waals surface area (Å²) in [7, 11) is 3.53. The zero-order valence-electron chi connectivity index (χ0n) is 13.2. The Kier molecular flexibility index (Phi) is 6.38. The van der Waals surface area contributed by atoms with E-state index in [4.69, 9.17) is 4.74 Å².